The Balaban J connectivity index is 1.66. The Morgan fingerprint density at radius 2 is 1.60 bits per heavy atom. The Morgan fingerprint density at radius 3 is 2.20 bits per heavy atom. The first-order valence-electron chi connectivity index (χ1n) is 15.4. The molecule has 216 valence electrons. The maximum absolute atomic E-state index is 13.8. The highest BCUT2D eigenvalue weighted by molar-refractivity contribution is 5.97. The smallest absolute Gasteiger partial charge is 0.253 e. The maximum Gasteiger partial charge on any atom is 0.253 e. The molecule has 0 spiro atoms. The summed E-state index contributed by atoms with van der Waals surface area (Å²) in [6, 6.07) is 12.2. The van der Waals surface area contributed by atoms with Gasteiger partial charge in [0.25, 0.3) is 5.91 Å². The number of benzene rings is 1. The van der Waals surface area contributed by atoms with Crippen LogP contribution in [0.3, 0.4) is 0 Å². The molecule has 6 nitrogen and oxygen atoms in total. The van der Waals surface area contributed by atoms with Gasteiger partial charge in [0.05, 0.1) is 11.2 Å². The van der Waals surface area contributed by atoms with Gasteiger partial charge in [0, 0.05) is 41.7 Å². The van der Waals surface area contributed by atoms with Gasteiger partial charge in [-0.15, -0.1) is 0 Å². The van der Waals surface area contributed by atoms with Crippen molar-refractivity contribution < 1.29 is 4.79 Å². The van der Waals surface area contributed by atoms with Crippen molar-refractivity contribution in [1.29, 1.82) is 5.41 Å². The number of carbonyl (C=O) groups is 1. The van der Waals surface area contributed by atoms with E-state index in [0.717, 1.165) is 73.2 Å². The molecule has 1 aromatic carbocycles. The monoisotopic (exact) mass is 543 g/mol. The van der Waals surface area contributed by atoms with Crippen LogP contribution in [0.4, 0.5) is 0 Å². The fraction of sp³-hybridized carbons (Fsp3) is 0.559. The van der Waals surface area contributed by atoms with Gasteiger partial charge >= 0.3 is 0 Å². The van der Waals surface area contributed by atoms with E-state index in [9.17, 15) is 4.79 Å². The first kappa shape index (κ1) is 30.0. The molecule has 0 bridgehead atoms. The number of aromatic nitrogens is 2. The summed E-state index contributed by atoms with van der Waals surface area (Å²) in [5.41, 5.74) is 6.51. The lowest BCUT2D eigenvalue weighted by molar-refractivity contribution is 0.0741. The number of likely N-dealkylation sites (tertiary alicyclic amines) is 1. The Morgan fingerprint density at radius 1 is 0.950 bits per heavy atom. The summed E-state index contributed by atoms with van der Waals surface area (Å²) in [6.45, 7) is 15.8. The molecule has 0 radical (unpaired) electrons. The third-order valence-corrected chi connectivity index (χ3v) is 8.17. The van der Waals surface area contributed by atoms with E-state index in [2.05, 4.69) is 55.7 Å². The van der Waals surface area contributed by atoms with Crippen LogP contribution < -0.4 is 0 Å². The second-order valence-electron chi connectivity index (χ2n) is 12.4. The number of pyridine rings is 1. The number of rotatable bonds is 13. The summed E-state index contributed by atoms with van der Waals surface area (Å²) < 4.78 is 1.95. The molecule has 3 aromatic rings. The number of aryl methyl sites for hydroxylation is 1. The van der Waals surface area contributed by atoms with Crippen LogP contribution in [0.15, 0.2) is 42.6 Å². The van der Waals surface area contributed by atoms with Gasteiger partial charge in [-0.05, 0) is 94.6 Å². The van der Waals surface area contributed by atoms with Crippen LogP contribution in [0, 0.1) is 17.2 Å². The second-order valence-corrected chi connectivity index (χ2v) is 12.4. The second kappa shape index (κ2) is 14.1. The van der Waals surface area contributed by atoms with Gasteiger partial charge in [0.2, 0.25) is 0 Å². The number of carbonyl (C=O) groups excluding carboxylic acids is 1. The van der Waals surface area contributed by atoms with Gasteiger partial charge in [0.15, 0.2) is 0 Å². The minimum atomic E-state index is 0.122. The molecule has 0 atom stereocenters. The molecule has 1 aliphatic rings. The van der Waals surface area contributed by atoms with Crippen LogP contribution >= 0.6 is 0 Å². The summed E-state index contributed by atoms with van der Waals surface area (Å²) in [4.78, 5) is 18.4. The molecule has 1 aliphatic heterocycles. The van der Waals surface area contributed by atoms with E-state index in [1.807, 2.05) is 35.8 Å². The molecule has 1 fully saturated rings. The predicted molar refractivity (Wildman–Crippen MR) is 167 cm³/mol. The fourth-order valence-electron chi connectivity index (χ4n) is 5.57. The molecule has 1 saturated heterocycles. The van der Waals surface area contributed by atoms with Crippen LogP contribution in [-0.4, -0.2) is 63.8 Å². The fourth-order valence-corrected chi connectivity index (χ4v) is 5.57. The van der Waals surface area contributed by atoms with Crippen molar-refractivity contribution in [2.75, 3.05) is 32.7 Å². The molecular weight excluding hydrogens is 494 g/mol. The SMILES string of the molecule is CC(=N)c1ccc(-c2nn3ccc(C(=O)N(CCC(C)C)CCC(C)C)cc3c2CCCN2CCCCC2)cc1. The Hall–Kier alpha value is -2.99. The lowest BCUT2D eigenvalue weighted by atomic mass is 9.99. The van der Waals surface area contributed by atoms with E-state index in [0.29, 0.717) is 17.5 Å². The Labute approximate surface area is 241 Å². The minimum absolute atomic E-state index is 0.122. The maximum atomic E-state index is 13.8. The number of hydrogen-bond donors (Lipinski definition) is 1. The van der Waals surface area contributed by atoms with Crippen molar-refractivity contribution in [2.45, 2.75) is 79.6 Å². The number of hydrogen-bond acceptors (Lipinski definition) is 4. The minimum Gasteiger partial charge on any atom is -0.339 e. The lowest BCUT2D eigenvalue weighted by Gasteiger charge is -2.26. The molecule has 40 heavy (non-hydrogen) atoms. The zero-order chi connectivity index (χ0) is 28.6. The molecule has 6 heteroatoms. The highest BCUT2D eigenvalue weighted by Crippen LogP contribution is 2.29. The van der Waals surface area contributed by atoms with Gasteiger partial charge in [-0.1, -0.05) is 58.4 Å². The number of nitrogens with one attached hydrogen (secondary N) is 1. The van der Waals surface area contributed by atoms with Gasteiger partial charge < -0.3 is 15.2 Å². The van der Waals surface area contributed by atoms with Crippen LogP contribution in [0.1, 0.15) is 94.6 Å². The van der Waals surface area contributed by atoms with Gasteiger partial charge in [-0.25, -0.2) is 4.52 Å². The Kier molecular flexibility index (Phi) is 10.5. The van der Waals surface area contributed by atoms with Crippen molar-refractivity contribution in [1.82, 2.24) is 19.4 Å². The summed E-state index contributed by atoms with van der Waals surface area (Å²) in [7, 11) is 0. The van der Waals surface area contributed by atoms with Crippen molar-refractivity contribution in [2.24, 2.45) is 11.8 Å². The Bertz CT molecular complexity index is 1260. The van der Waals surface area contributed by atoms with Crippen LogP contribution in [0.2, 0.25) is 0 Å². The number of amides is 1. The van der Waals surface area contributed by atoms with E-state index in [1.54, 1.807) is 0 Å². The van der Waals surface area contributed by atoms with Crippen LogP contribution in [0.25, 0.3) is 16.8 Å². The van der Waals surface area contributed by atoms with Crippen LogP contribution in [-0.2, 0) is 6.42 Å². The summed E-state index contributed by atoms with van der Waals surface area (Å²) >= 11 is 0. The molecule has 0 saturated carbocycles. The summed E-state index contributed by atoms with van der Waals surface area (Å²) in [6.07, 6.45) is 9.92. The van der Waals surface area contributed by atoms with Gasteiger partial charge in [-0.2, -0.15) is 5.10 Å². The standard InChI is InChI=1S/C34H49N5O/c1-25(2)15-21-38(22-16-26(3)4)34(40)30-17-23-39-32(24-30)31(10-9-20-37-18-7-6-8-19-37)33(36-39)29-13-11-28(12-14-29)27(5)35/h11-14,17,23-26,35H,6-10,15-16,18-22H2,1-5H3. The average Bonchev–Trinajstić information content (AvgIpc) is 3.31. The van der Waals surface area contributed by atoms with E-state index < -0.39 is 0 Å². The summed E-state index contributed by atoms with van der Waals surface area (Å²) in [5.74, 6) is 1.24. The number of fused-ring (bicyclic) bond motifs is 1. The predicted octanol–water partition coefficient (Wildman–Crippen LogP) is 7.34. The number of nitrogens with zero attached hydrogens (tertiary/aromatic N) is 4. The zero-order valence-electron chi connectivity index (χ0n) is 25.4. The van der Waals surface area contributed by atoms with Crippen molar-refractivity contribution in [3.63, 3.8) is 0 Å². The molecule has 0 aliphatic carbocycles. The van der Waals surface area contributed by atoms with E-state index in [4.69, 9.17) is 10.5 Å². The van der Waals surface area contributed by atoms with Crippen molar-refractivity contribution in [3.8, 4) is 11.3 Å². The van der Waals surface area contributed by atoms with Crippen LogP contribution in [0.5, 0.6) is 0 Å². The van der Waals surface area contributed by atoms with E-state index in [-0.39, 0.29) is 5.91 Å². The third-order valence-electron chi connectivity index (χ3n) is 8.17. The summed E-state index contributed by atoms with van der Waals surface area (Å²) in [5, 5.41) is 13.0. The lowest BCUT2D eigenvalue weighted by Crippen LogP contribution is -2.34. The average molecular weight is 544 g/mol. The normalized spacial score (nSPS) is 14.4. The largest absolute Gasteiger partial charge is 0.339 e. The first-order chi connectivity index (χ1) is 19.2. The molecule has 0 unspecified atom stereocenters. The van der Waals surface area contributed by atoms with Gasteiger partial charge in [0.1, 0.15) is 0 Å². The molecule has 2 aromatic heterocycles. The highest BCUT2D eigenvalue weighted by atomic mass is 16.2. The zero-order valence-corrected chi connectivity index (χ0v) is 25.4. The topological polar surface area (TPSA) is 64.7 Å². The molecule has 4 rings (SSSR count). The molecule has 3 heterocycles. The highest BCUT2D eigenvalue weighted by Gasteiger charge is 2.21. The molecule has 1 N–H and O–H groups in total. The number of piperidine rings is 1. The van der Waals surface area contributed by atoms with Crippen molar-refractivity contribution >= 4 is 17.1 Å². The van der Waals surface area contributed by atoms with E-state index >= 15 is 0 Å². The molecular formula is C34H49N5O. The quantitative estimate of drug-likeness (QED) is 0.229. The first-order valence-corrected chi connectivity index (χ1v) is 15.4. The van der Waals surface area contributed by atoms with Crippen molar-refractivity contribution in [3.05, 3.63) is 59.3 Å². The van der Waals surface area contributed by atoms with Gasteiger partial charge in [-0.3, -0.25) is 4.79 Å². The van der Waals surface area contributed by atoms with E-state index in [1.165, 1.54) is 37.9 Å². The molecule has 1 amide bonds. The third kappa shape index (κ3) is 7.81.